The number of hydrogen-bond donors (Lipinski definition) is 2. The molecule has 0 amide bonds. The molecule has 0 unspecified atom stereocenters. The van der Waals surface area contributed by atoms with Gasteiger partial charge in [0.05, 0.1) is 7.11 Å². The largest absolute Gasteiger partial charge is 0.508 e. The smallest absolute Gasteiger partial charge is 0.341 e. The van der Waals surface area contributed by atoms with E-state index in [9.17, 15) is 9.90 Å². The number of aromatic nitrogens is 1. The first-order valence-corrected chi connectivity index (χ1v) is 5.18. The van der Waals surface area contributed by atoms with Gasteiger partial charge in [0.2, 0.25) is 5.88 Å². The van der Waals surface area contributed by atoms with Gasteiger partial charge in [-0.1, -0.05) is 12.1 Å². The normalized spacial score (nSPS) is 10.1. The van der Waals surface area contributed by atoms with Gasteiger partial charge in [-0.25, -0.2) is 9.78 Å². The lowest BCUT2D eigenvalue weighted by molar-refractivity contribution is 0.0692. The lowest BCUT2D eigenvalue weighted by Gasteiger charge is -2.06. The number of phenols is 1. The number of pyridine rings is 1. The van der Waals surface area contributed by atoms with E-state index in [1.165, 1.54) is 31.5 Å². The van der Waals surface area contributed by atoms with Crippen LogP contribution in [0.25, 0.3) is 11.1 Å². The van der Waals surface area contributed by atoms with Crippen LogP contribution in [0.2, 0.25) is 0 Å². The summed E-state index contributed by atoms with van der Waals surface area (Å²) >= 11 is 0. The van der Waals surface area contributed by atoms with Crippen LogP contribution in [-0.4, -0.2) is 28.3 Å². The molecule has 5 heteroatoms. The molecule has 0 saturated carbocycles. The fourth-order valence-electron chi connectivity index (χ4n) is 1.58. The number of carbonyl (C=O) groups is 1. The second-order valence-corrected chi connectivity index (χ2v) is 3.63. The Hall–Kier alpha value is -2.56. The summed E-state index contributed by atoms with van der Waals surface area (Å²) < 4.78 is 4.88. The molecule has 1 aromatic heterocycles. The Morgan fingerprint density at radius 2 is 1.89 bits per heavy atom. The predicted molar refractivity (Wildman–Crippen MR) is 64.8 cm³/mol. The molecule has 0 aliphatic carbocycles. The summed E-state index contributed by atoms with van der Waals surface area (Å²) in [4.78, 5) is 15.0. The van der Waals surface area contributed by atoms with Crippen molar-refractivity contribution in [1.29, 1.82) is 0 Å². The van der Waals surface area contributed by atoms with Gasteiger partial charge in [-0.05, 0) is 23.8 Å². The molecule has 0 aliphatic heterocycles. The summed E-state index contributed by atoms with van der Waals surface area (Å²) in [5, 5.41) is 18.3. The maximum absolute atomic E-state index is 11.1. The first-order chi connectivity index (χ1) is 8.61. The Bertz CT molecular complexity index is 578. The topological polar surface area (TPSA) is 79.7 Å². The van der Waals surface area contributed by atoms with Crippen LogP contribution in [0.3, 0.4) is 0 Å². The number of ether oxygens (including phenoxy) is 1. The fourth-order valence-corrected chi connectivity index (χ4v) is 1.58. The molecule has 92 valence electrons. The van der Waals surface area contributed by atoms with Crippen LogP contribution in [0, 0.1) is 0 Å². The molecule has 0 saturated heterocycles. The highest BCUT2D eigenvalue weighted by Crippen LogP contribution is 2.25. The van der Waals surface area contributed by atoms with Crippen LogP contribution in [0.1, 0.15) is 10.4 Å². The van der Waals surface area contributed by atoms with E-state index >= 15 is 0 Å². The van der Waals surface area contributed by atoms with Crippen LogP contribution in [-0.2, 0) is 0 Å². The molecular weight excluding hydrogens is 234 g/mol. The molecule has 2 N–H and O–H groups in total. The average Bonchev–Trinajstić information content (AvgIpc) is 2.39. The van der Waals surface area contributed by atoms with Crippen LogP contribution >= 0.6 is 0 Å². The highest BCUT2D eigenvalue weighted by molar-refractivity contribution is 5.91. The number of methoxy groups -OCH3 is 1. The first-order valence-electron chi connectivity index (χ1n) is 5.18. The van der Waals surface area contributed by atoms with Crippen molar-refractivity contribution in [1.82, 2.24) is 4.98 Å². The minimum atomic E-state index is -1.10. The molecule has 0 aliphatic rings. The van der Waals surface area contributed by atoms with E-state index < -0.39 is 5.97 Å². The van der Waals surface area contributed by atoms with Crippen LogP contribution in [0.4, 0.5) is 0 Å². The molecule has 0 bridgehead atoms. The van der Waals surface area contributed by atoms with Crippen LogP contribution in [0.15, 0.2) is 36.5 Å². The number of rotatable bonds is 3. The Morgan fingerprint density at radius 3 is 2.44 bits per heavy atom. The van der Waals surface area contributed by atoms with Crippen molar-refractivity contribution in [2.75, 3.05) is 7.11 Å². The van der Waals surface area contributed by atoms with E-state index in [1.54, 1.807) is 12.1 Å². The van der Waals surface area contributed by atoms with Gasteiger partial charge in [0.1, 0.15) is 11.3 Å². The summed E-state index contributed by atoms with van der Waals surface area (Å²) in [6.45, 7) is 0. The van der Waals surface area contributed by atoms with Crippen molar-refractivity contribution in [2.24, 2.45) is 0 Å². The highest BCUT2D eigenvalue weighted by atomic mass is 16.5. The molecule has 2 rings (SSSR count). The molecule has 18 heavy (non-hydrogen) atoms. The lowest BCUT2D eigenvalue weighted by atomic mass is 10.1. The van der Waals surface area contributed by atoms with E-state index in [-0.39, 0.29) is 17.2 Å². The zero-order valence-corrected chi connectivity index (χ0v) is 9.62. The molecule has 0 fully saturated rings. The van der Waals surface area contributed by atoms with Crippen molar-refractivity contribution < 1.29 is 19.7 Å². The third-order valence-corrected chi connectivity index (χ3v) is 2.48. The van der Waals surface area contributed by atoms with Gasteiger partial charge in [-0.3, -0.25) is 0 Å². The van der Waals surface area contributed by atoms with Crippen molar-refractivity contribution in [3.63, 3.8) is 0 Å². The van der Waals surface area contributed by atoms with Crippen molar-refractivity contribution in [2.45, 2.75) is 0 Å². The van der Waals surface area contributed by atoms with E-state index in [4.69, 9.17) is 9.84 Å². The third-order valence-electron chi connectivity index (χ3n) is 2.48. The maximum atomic E-state index is 11.1. The third kappa shape index (κ3) is 2.24. The summed E-state index contributed by atoms with van der Waals surface area (Å²) in [6.07, 6.45) is 1.53. The zero-order valence-electron chi connectivity index (χ0n) is 9.62. The molecule has 0 radical (unpaired) electrons. The average molecular weight is 245 g/mol. The first kappa shape index (κ1) is 11.9. The summed E-state index contributed by atoms with van der Waals surface area (Å²) in [5.74, 6) is -0.872. The molecule has 2 aromatic rings. The second kappa shape index (κ2) is 4.75. The monoisotopic (exact) mass is 245 g/mol. The zero-order chi connectivity index (χ0) is 13.1. The summed E-state index contributed by atoms with van der Waals surface area (Å²) in [6, 6.07) is 7.91. The van der Waals surface area contributed by atoms with Gasteiger partial charge in [-0.2, -0.15) is 0 Å². The Kier molecular flexibility index (Phi) is 3.14. The standard InChI is InChI=1S/C13H11NO4/c1-18-12-11(13(16)17)6-9(7-14-12)8-2-4-10(15)5-3-8/h2-7,15H,1H3,(H,16,17). The minimum Gasteiger partial charge on any atom is -0.508 e. The number of carboxylic acid groups (broad SMARTS) is 1. The van der Waals surface area contributed by atoms with Crippen LogP contribution in [0.5, 0.6) is 11.6 Å². The molecule has 5 nitrogen and oxygen atoms in total. The van der Waals surface area contributed by atoms with Gasteiger partial charge in [0.15, 0.2) is 0 Å². The van der Waals surface area contributed by atoms with Gasteiger partial charge >= 0.3 is 5.97 Å². The number of benzene rings is 1. The minimum absolute atomic E-state index is 0.00285. The number of aromatic carboxylic acids is 1. The molecule has 0 spiro atoms. The van der Waals surface area contributed by atoms with E-state index in [1.807, 2.05) is 0 Å². The molecular formula is C13H11NO4. The quantitative estimate of drug-likeness (QED) is 0.866. The SMILES string of the molecule is COc1ncc(-c2ccc(O)cc2)cc1C(=O)O. The van der Waals surface area contributed by atoms with Crippen molar-refractivity contribution in [3.8, 4) is 22.8 Å². The van der Waals surface area contributed by atoms with Gasteiger partial charge < -0.3 is 14.9 Å². The van der Waals surface area contributed by atoms with E-state index in [2.05, 4.69) is 4.98 Å². The Labute approximate surface area is 103 Å². The highest BCUT2D eigenvalue weighted by Gasteiger charge is 2.13. The van der Waals surface area contributed by atoms with E-state index in [0.717, 1.165) is 5.56 Å². The molecule has 1 heterocycles. The number of carboxylic acids is 1. The predicted octanol–water partition coefficient (Wildman–Crippen LogP) is 2.16. The lowest BCUT2D eigenvalue weighted by Crippen LogP contribution is -2.02. The van der Waals surface area contributed by atoms with Crippen molar-refractivity contribution in [3.05, 3.63) is 42.1 Å². The maximum Gasteiger partial charge on any atom is 0.341 e. The fraction of sp³-hybridized carbons (Fsp3) is 0.0769. The molecule has 1 aromatic carbocycles. The van der Waals surface area contributed by atoms with Gasteiger partial charge in [0.25, 0.3) is 0 Å². The number of nitrogens with zero attached hydrogens (tertiary/aromatic N) is 1. The van der Waals surface area contributed by atoms with Gasteiger partial charge in [-0.15, -0.1) is 0 Å². The summed E-state index contributed by atoms with van der Waals surface area (Å²) in [5.41, 5.74) is 1.42. The molecule has 0 atom stereocenters. The Balaban J connectivity index is 2.49. The summed E-state index contributed by atoms with van der Waals surface area (Å²) in [7, 11) is 1.37. The van der Waals surface area contributed by atoms with E-state index in [0.29, 0.717) is 5.56 Å². The number of aromatic hydroxyl groups is 1. The van der Waals surface area contributed by atoms with Crippen molar-refractivity contribution >= 4 is 5.97 Å². The second-order valence-electron chi connectivity index (χ2n) is 3.63. The number of phenolic OH excluding ortho intramolecular Hbond substituents is 1. The van der Waals surface area contributed by atoms with Gasteiger partial charge in [0, 0.05) is 11.8 Å². The Morgan fingerprint density at radius 1 is 1.22 bits per heavy atom. The van der Waals surface area contributed by atoms with Crippen LogP contribution < -0.4 is 4.74 Å². The number of hydrogen-bond acceptors (Lipinski definition) is 4.